The first-order valence-corrected chi connectivity index (χ1v) is 10.7. The average molecular weight is 420 g/mol. The summed E-state index contributed by atoms with van der Waals surface area (Å²) in [6.07, 6.45) is 1.07. The molecule has 0 bridgehead atoms. The molecule has 30 heavy (non-hydrogen) atoms. The van der Waals surface area contributed by atoms with Gasteiger partial charge in [-0.1, -0.05) is 26.8 Å². The maximum Gasteiger partial charge on any atom is 0.252 e. The lowest BCUT2D eigenvalue weighted by Gasteiger charge is -2.43. The van der Waals surface area contributed by atoms with Crippen molar-refractivity contribution in [2.75, 3.05) is 6.54 Å². The van der Waals surface area contributed by atoms with Crippen LogP contribution < -0.4 is 16.4 Å². The third-order valence-electron chi connectivity index (χ3n) is 5.36. The number of carbonyl (C=O) groups is 2. The standard InChI is InChI=1S/C24H41N3O3/c1-10-24(30,23(8,9)13-14-25)16-11-12-17(19(28)26-21(2,3)4)18(15-16)20(29)27-22(5,6)7/h11-12,15,30H,10,13-14,25H2,1-9H3,(H,26,28)(H,27,29). The number of carbonyl (C=O) groups excluding carboxylic acids is 2. The van der Waals surface area contributed by atoms with E-state index < -0.39 is 22.1 Å². The maximum absolute atomic E-state index is 13.1. The molecular formula is C24H41N3O3. The molecule has 170 valence electrons. The van der Waals surface area contributed by atoms with Crippen LogP contribution in [0.3, 0.4) is 0 Å². The Balaban J connectivity index is 3.62. The smallest absolute Gasteiger partial charge is 0.252 e. The number of nitrogens with one attached hydrogen (secondary N) is 2. The van der Waals surface area contributed by atoms with Gasteiger partial charge < -0.3 is 21.5 Å². The summed E-state index contributed by atoms with van der Waals surface area (Å²) in [4.78, 5) is 26.0. The molecule has 1 unspecified atom stereocenters. The monoisotopic (exact) mass is 419 g/mol. The highest BCUT2D eigenvalue weighted by molar-refractivity contribution is 6.07. The lowest BCUT2D eigenvalue weighted by atomic mass is 9.67. The molecule has 0 radical (unpaired) electrons. The van der Waals surface area contributed by atoms with Crippen LogP contribution in [0.4, 0.5) is 0 Å². The van der Waals surface area contributed by atoms with Crippen LogP contribution in [-0.4, -0.2) is 34.5 Å². The lowest BCUT2D eigenvalue weighted by Crippen LogP contribution is -2.45. The molecule has 0 heterocycles. The van der Waals surface area contributed by atoms with Gasteiger partial charge in [0.05, 0.1) is 16.7 Å². The molecule has 0 aliphatic rings. The minimum Gasteiger partial charge on any atom is -0.385 e. The molecule has 0 fully saturated rings. The van der Waals surface area contributed by atoms with E-state index in [9.17, 15) is 14.7 Å². The van der Waals surface area contributed by atoms with E-state index in [1.165, 1.54) is 0 Å². The first kappa shape index (κ1) is 26.1. The van der Waals surface area contributed by atoms with Gasteiger partial charge in [0.25, 0.3) is 11.8 Å². The molecule has 0 aliphatic carbocycles. The van der Waals surface area contributed by atoms with Gasteiger partial charge in [0.2, 0.25) is 0 Å². The van der Waals surface area contributed by atoms with E-state index in [-0.39, 0.29) is 22.9 Å². The largest absolute Gasteiger partial charge is 0.385 e. The third kappa shape index (κ3) is 6.29. The Hall–Kier alpha value is -1.92. The summed E-state index contributed by atoms with van der Waals surface area (Å²) >= 11 is 0. The van der Waals surface area contributed by atoms with Crippen molar-refractivity contribution in [2.45, 2.75) is 91.8 Å². The predicted molar refractivity (Wildman–Crippen MR) is 123 cm³/mol. The second-order valence-corrected chi connectivity index (χ2v) is 10.8. The van der Waals surface area contributed by atoms with Crippen LogP contribution in [0.5, 0.6) is 0 Å². The van der Waals surface area contributed by atoms with Gasteiger partial charge in [-0.25, -0.2) is 0 Å². The van der Waals surface area contributed by atoms with Crippen LogP contribution in [0, 0.1) is 5.41 Å². The molecular weight excluding hydrogens is 378 g/mol. The van der Waals surface area contributed by atoms with E-state index in [0.29, 0.717) is 24.9 Å². The summed E-state index contributed by atoms with van der Waals surface area (Å²) in [5.74, 6) is -0.673. The van der Waals surface area contributed by atoms with E-state index in [2.05, 4.69) is 10.6 Å². The average Bonchev–Trinajstić information content (AvgIpc) is 2.57. The van der Waals surface area contributed by atoms with Crippen LogP contribution in [0.15, 0.2) is 18.2 Å². The van der Waals surface area contributed by atoms with E-state index in [1.54, 1.807) is 18.2 Å². The van der Waals surface area contributed by atoms with E-state index in [4.69, 9.17) is 5.73 Å². The molecule has 5 N–H and O–H groups in total. The topological polar surface area (TPSA) is 104 Å². The first-order chi connectivity index (χ1) is 13.5. The molecule has 0 spiro atoms. The van der Waals surface area contributed by atoms with Crippen molar-refractivity contribution in [1.82, 2.24) is 10.6 Å². The molecule has 1 rings (SSSR count). The van der Waals surface area contributed by atoms with Crippen LogP contribution in [0.25, 0.3) is 0 Å². The third-order valence-corrected chi connectivity index (χ3v) is 5.36. The summed E-state index contributed by atoms with van der Waals surface area (Å²) < 4.78 is 0. The van der Waals surface area contributed by atoms with Gasteiger partial charge in [-0.05, 0) is 84.0 Å². The summed E-state index contributed by atoms with van der Waals surface area (Å²) in [6, 6.07) is 5.03. The molecule has 0 saturated carbocycles. The number of hydrogen-bond donors (Lipinski definition) is 4. The molecule has 1 atom stereocenters. The number of hydrogen-bond acceptors (Lipinski definition) is 4. The molecule has 6 nitrogen and oxygen atoms in total. The normalized spacial score (nSPS) is 14.8. The Morgan fingerprint density at radius 3 is 1.77 bits per heavy atom. The number of aliphatic hydroxyl groups is 1. The van der Waals surface area contributed by atoms with Crippen molar-refractivity contribution in [3.05, 3.63) is 34.9 Å². The van der Waals surface area contributed by atoms with Crippen molar-refractivity contribution < 1.29 is 14.7 Å². The minimum absolute atomic E-state index is 0.250. The van der Waals surface area contributed by atoms with Crippen molar-refractivity contribution in [3.63, 3.8) is 0 Å². The Kier molecular flexibility index (Phi) is 7.89. The summed E-state index contributed by atoms with van der Waals surface area (Å²) in [5, 5.41) is 17.5. The number of nitrogens with two attached hydrogens (primary N) is 1. The van der Waals surface area contributed by atoms with E-state index >= 15 is 0 Å². The second-order valence-electron chi connectivity index (χ2n) is 10.8. The van der Waals surface area contributed by atoms with Gasteiger partial charge in [0.1, 0.15) is 0 Å². The van der Waals surface area contributed by atoms with Gasteiger partial charge in [0.15, 0.2) is 0 Å². The highest BCUT2D eigenvalue weighted by Crippen LogP contribution is 2.44. The fourth-order valence-corrected chi connectivity index (χ4v) is 3.64. The summed E-state index contributed by atoms with van der Waals surface area (Å²) in [7, 11) is 0. The maximum atomic E-state index is 13.1. The Morgan fingerprint density at radius 1 is 0.900 bits per heavy atom. The molecule has 1 aromatic carbocycles. The van der Waals surface area contributed by atoms with Crippen LogP contribution in [-0.2, 0) is 5.60 Å². The fourth-order valence-electron chi connectivity index (χ4n) is 3.64. The second kappa shape index (κ2) is 9.06. The van der Waals surface area contributed by atoms with Crippen LogP contribution >= 0.6 is 0 Å². The molecule has 2 amide bonds. The summed E-state index contributed by atoms with van der Waals surface area (Å²) in [5.41, 5.74) is 4.31. The van der Waals surface area contributed by atoms with Gasteiger partial charge in [-0.2, -0.15) is 0 Å². The van der Waals surface area contributed by atoms with Crippen LogP contribution in [0.2, 0.25) is 0 Å². The highest BCUT2D eigenvalue weighted by atomic mass is 16.3. The number of benzene rings is 1. The van der Waals surface area contributed by atoms with Gasteiger partial charge in [0, 0.05) is 11.1 Å². The fraction of sp³-hybridized carbons (Fsp3) is 0.667. The van der Waals surface area contributed by atoms with Crippen molar-refractivity contribution in [2.24, 2.45) is 11.1 Å². The zero-order chi connectivity index (χ0) is 23.5. The lowest BCUT2D eigenvalue weighted by molar-refractivity contribution is -0.0800. The molecule has 0 saturated heterocycles. The molecule has 0 aliphatic heterocycles. The SMILES string of the molecule is CCC(O)(c1ccc(C(=O)NC(C)(C)C)c(C(=O)NC(C)(C)C)c1)C(C)(C)CCN. The zero-order valence-electron chi connectivity index (χ0n) is 20.2. The Morgan fingerprint density at radius 2 is 1.37 bits per heavy atom. The molecule has 1 aromatic rings. The Bertz CT molecular complexity index is 773. The first-order valence-electron chi connectivity index (χ1n) is 10.7. The van der Waals surface area contributed by atoms with E-state index in [0.717, 1.165) is 0 Å². The molecule has 6 heteroatoms. The summed E-state index contributed by atoms with van der Waals surface area (Å²) in [6.45, 7) is 17.6. The van der Waals surface area contributed by atoms with Crippen molar-refractivity contribution in [1.29, 1.82) is 0 Å². The highest BCUT2D eigenvalue weighted by Gasteiger charge is 2.43. The van der Waals surface area contributed by atoms with Crippen molar-refractivity contribution >= 4 is 11.8 Å². The number of amides is 2. The van der Waals surface area contributed by atoms with Crippen LogP contribution in [0.1, 0.15) is 101 Å². The van der Waals surface area contributed by atoms with Gasteiger partial charge >= 0.3 is 0 Å². The quantitative estimate of drug-likeness (QED) is 0.541. The Labute approximate surface area is 182 Å². The number of rotatable bonds is 7. The van der Waals surface area contributed by atoms with E-state index in [1.807, 2.05) is 62.3 Å². The molecule has 0 aromatic heterocycles. The minimum atomic E-state index is -1.19. The van der Waals surface area contributed by atoms with Crippen molar-refractivity contribution in [3.8, 4) is 0 Å². The predicted octanol–water partition coefficient (Wildman–Crippen LogP) is 3.72. The zero-order valence-corrected chi connectivity index (χ0v) is 20.2. The van der Waals surface area contributed by atoms with Gasteiger partial charge in [-0.15, -0.1) is 0 Å². The van der Waals surface area contributed by atoms with Gasteiger partial charge in [-0.3, -0.25) is 9.59 Å².